The number of para-hydroxylation sites is 1. The summed E-state index contributed by atoms with van der Waals surface area (Å²) in [5.74, 6) is 0.176. The zero-order chi connectivity index (χ0) is 14.7. The van der Waals surface area contributed by atoms with Gasteiger partial charge in [-0.1, -0.05) is 36.4 Å². The van der Waals surface area contributed by atoms with Crippen molar-refractivity contribution >= 4 is 10.9 Å². The van der Waals surface area contributed by atoms with Crippen molar-refractivity contribution in [2.75, 3.05) is 0 Å². The molecule has 4 heteroatoms. The monoisotopic (exact) mass is 282 g/mol. The molecule has 3 nitrogen and oxygen atoms in total. The number of ether oxygens (including phenoxy) is 1. The molecular weight excluding hydrogens is 267 g/mol. The lowest BCUT2D eigenvalue weighted by Gasteiger charge is -2.10. The summed E-state index contributed by atoms with van der Waals surface area (Å²) in [6.45, 7) is 0.543. The number of fused-ring (bicyclic) bond motifs is 1. The quantitative estimate of drug-likeness (QED) is 0.797. The Labute approximate surface area is 122 Å². The lowest BCUT2D eigenvalue weighted by molar-refractivity contribution is 0.289. The van der Waals surface area contributed by atoms with Crippen molar-refractivity contribution in [2.45, 2.75) is 13.2 Å². The van der Waals surface area contributed by atoms with Crippen LogP contribution in [0.3, 0.4) is 0 Å². The number of rotatable bonds is 4. The maximum atomic E-state index is 13.6. The second kappa shape index (κ2) is 5.89. The maximum absolute atomic E-state index is 13.6. The summed E-state index contributed by atoms with van der Waals surface area (Å²) in [5.41, 5.74) is 8.06. The van der Waals surface area contributed by atoms with E-state index in [1.807, 2.05) is 30.3 Å². The molecule has 21 heavy (non-hydrogen) atoms. The van der Waals surface area contributed by atoms with Crippen LogP contribution >= 0.6 is 0 Å². The highest BCUT2D eigenvalue weighted by Gasteiger charge is 2.07. The largest absolute Gasteiger partial charge is 0.473 e. The van der Waals surface area contributed by atoms with Crippen molar-refractivity contribution in [1.29, 1.82) is 0 Å². The summed E-state index contributed by atoms with van der Waals surface area (Å²) in [4.78, 5) is 4.43. The zero-order valence-electron chi connectivity index (χ0n) is 11.4. The zero-order valence-corrected chi connectivity index (χ0v) is 11.4. The first-order chi connectivity index (χ1) is 10.3. The highest BCUT2D eigenvalue weighted by atomic mass is 19.1. The molecule has 0 unspecified atom stereocenters. The normalized spacial score (nSPS) is 10.8. The predicted octanol–water partition coefficient (Wildman–Crippen LogP) is 3.41. The van der Waals surface area contributed by atoms with E-state index in [1.54, 1.807) is 18.2 Å². The molecule has 3 rings (SSSR count). The van der Waals surface area contributed by atoms with Crippen LogP contribution in [0.2, 0.25) is 0 Å². The fourth-order valence-electron chi connectivity index (χ4n) is 2.23. The van der Waals surface area contributed by atoms with Gasteiger partial charge in [0.25, 0.3) is 0 Å². The van der Waals surface area contributed by atoms with E-state index in [2.05, 4.69) is 4.98 Å². The SMILES string of the molecule is NCc1cc(OCc2ccccc2F)nc2ccccc12. The molecule has 1 heterocycles. The van der Waals surface area contributed by atoms with Gasteiger partial charge < -0.3 is 10.5 Å². The highest BCUT2D eigenvalue weighted by Crippen LogP contribution is 2.22. The summed E-state index contributed by atoms with van der Waals surface area (Å²) >= 11 is 0. The number of hydrogen-bond acceptors (Lipinski definition) is 3. The predicted molar refractivity (Wildman–Crippen MR) is 80.4 cm³/mol. The smallest absolute Gasteiger partial charge is 0.214 e. The van der Waals surface area contributed by atoms with Gasteiger partial charge in [-0.25, -0.2) is 9.37 Å². The van der Waals surface area contributed by atoms with Gasteiger partial charge in [0, 0.05) is 23.6 Å². The van der Waals surface area contributed by atoms with E-state index in [-0.39, 0.29) is 12.4 Å². The van der Waals surface area contributed by atoms with Crippen LogP contribution in [0.5, 0.6) is 5.88 Å². The Hall–Kier alpha value is -2.46. The molecule has 0 saturated carbocycles. The Bertz CT molecular complexity index is 774. The third-order valence-corrected chi connectivity index (χ3v) is 3.33. The Morgan fingerprint density at radius 2 is 1.76 bits per heavy atom. The first-order valence-electron chi connectivity index (χ1n) is 6.73. The average molecular weight is 282 g/mol. The van der Waals surface area contributed by atoms with Gasteiger partial charge in [0.15, 0.2) is 0 Å². The van der Waals surface area contributed by atoms with Gasteiger partial charge in [-0.05, 0) is 17.7 Å². The number of aromatic nitrogens is 1. The van der Waals surface area contributed by atoms with Gasteiger partial charge in [-0.2, -0.15) is 0 Å². The number of halogens is 1. The molecular formula is C17H15FN2O. The average Bonchev–Trinajstić information content (AvgIpc) is 2.53. The molecule has 106 valence electrons. The minimum atomic E-state index is -0.280. The molecule has 0 radical (unpaired) electrons. The molecule has 0 spiro atoms. The van der Waals surface area contributed by atoms with Gasteiger partial charge in [-0.3, -0.25) is 0 Å². The van der Waals surface area contributed by atoms with Gasteiger partial charge in [0.05, 0.1) is 5.52 Å². The third kappa shape index (κ3) is 2.85. The van der Waals surface area contributed by atoms with Crippen molar-refractivity contribution in [3.05, 3.63) is 71.5 Å². The summed E-state index contributed by atoms with van der Waals surface area (Å²) in [6.07, 6.45) is 0. The van der Waals surface area contributed by atoms with Gasteiger partial charge in [-0.15, -0.1) is 0 Å². The Balaban J connectivity index is 1.89. The van der Waals surface area contributed by atoms with Crippen molar-refractivity contribution < 1.29 is 9.13 Å². The Morgan fingerprint density at radius 3 is 2.57 bits per heavy atom. The van der Waals surface area contributed by atoms with Gasteiger partial charge >= 0.3 is 0 Å². The molecule has 0 aliphatic heterocycles. The first-order valence-corrected chi connectivity index (χ1v) is 6.73. The first kappa shape index (κ1) is 13.5. The van der Waals surface area contributed by atoms with E-state index in [0.29, 0.717) is 18.0 Å². The maximum Gasteiger partial charge on any atom is 0.214 e. The number of benzene rings is 2. The summed E-state index contributed by atoms with van der Waals surface area (Å²) < 4.78 is 19.2. The lowest BCUT2D eigenvalue weighted by Crippen LogP contribution is -2.03. The van der Waals surface area contributed by atoms with E-state index in [0.717, 1.165) is 16.5 Å². The van der Waals surface area contributed by atoms with Crippen LogP contribution in [0.1, 0.15) is 11.1 Å². The van der Waals surface area contributed by atoms with Gasteiger partial charge in [0.2, 0.25) is 5.88 Å². The van der Waals surface area contributed by atoms with Crippen LogP contribution in [-0.4, -0.2) is 4.98 Å². The minimum Gasteiger partial charge on any atom is -0.473 e. The number of nitrogens with zero attached hydrogens (tertiary/aromatic N) is 1. The van der Waals surface area contributed by atoms with Crippen LogP contribution in [0, 0.1) is 5.82 Å². The summed E-state index contributed by atoms with van der Waals surface area (Å²) in [6, 6.07) is 16.1. The van der Waals surface area contributed by atoms with Crippen LogP contribution in [0.4, 0.5) is 4.39 Å². The minimum absolute atomic E-state index is 0.141. The van der Waals surface area contributed by atoms with E-state index >= 15 is 0 Å². The van der Waals surface area contributed by atoms with Crippen molar-refractivity contribution in [3.63, 3.8) is 0 Å². The molecule has 0 amide bonds. The standard InChI is InChI=1S/C17H15FN2O/c18-15-7-3-1-5-12(15)11-21-17-9-13(10-19)14-6-2-4-8-16(14)20-17/h1-9H,10-11,19H2. The van der Waals surface area contributed by atoms with Crippen molar-refractivity contribution in [1.82, 2.24) is 4.98 Å². The highest BCUT2D eigenvalue weighted by molar-refractivity contribution is 5.82. The van der Waals surface area contributed by atoms with Gasteiger partial charge in [0.1, 0.15) is 12.4 Å². The van der Waals surface area contributed by atoms with Crippen LogP contribution in [0.25, 0.3) is 10.9 Å². The molecule has 0 fully saturated rings. The molecule has 2 aromatic carbocycles. The molecule has 2 N–H and O–H groups in total. The molecule has 1 aromatic heterocycles. The van der Waals surface area contributed by atoms with Crippen LogP contribution in [-0.2, 0) is 13.2 Å². The molecule has 0 atom stereocenters. The molecule has 0 aliphatic rings. The number of pyridine rings is 1. The third-order valence-electron chi connectivity index (χ3n) is 3.33. The molecule has 0 saturated heterocycles. The van der Waals surface area contributed by atoms with Crippen LogP contribution < -0.4 is 10.5 Å². The van der Waals surface area contributed by atoms with E-state index < -0.39 is 0 Å². The Kier molecular flexibility index (Phi) is 3.79. The summed E-state index contributed by atoms with van der Waals surface area (Å²) in [7, 11) is 0. The molecule has 0 bridgehead atoms. The molecule has 3 aromatic rings. The molecule has 0 aliphatic carbocycles. The van der Waals surface area contributed by atoms with Crippen LogP contribution in [0.15, 0.2) is 54.6 Å². The fourth-order valence-corrected chi connectivity index (χ4v) is 2.23. The fraction of sp³-hybridized carbons (Fsp3) is 0.118. The van der Waals surface area contributed by atoms with E-state index in [1.165, 1.54) is 6.07 Å². The Morgan fingerprint density at radius 1 is 1.00 bits per heavy atom. The number of nitrogens with two attached hydrogens (primary N) is 1. The lowest BCUT2D eigenvalue weighted by atomic mass is 10.1. The van der Waals surface area contributed by atoms with Crippen molar-refractivity contribution in [3.8, 4) is 5.88 Å². The summed E-state index contributed by atoms with van der Waals surface area (Å²) in [5, 5.41) is 1.01. The second-order valence-electron chi connectivity index (χ2n) is 4.72. The van der Waals surface area contributed by atoms with E-state index in [9.17, 15) is 4.39 Å². The van der Waals surface area contributed by atoms with E-state index in [4.69, 9.17) is 10.5 Å². The van der Waals surface area contributed by atoms with Crippen molar-refractivity contribution in [2.24, 2.45) is 5.73 Å². The topological polar surface area (TPSA) is 48.1 Å². The number of hydrogen-bond donors (Lipinski definition) is 1. The second-order valence-corrected chi connectivity index (χ2v) is 4.72.